The van der Waals surface area contributed by atoms with Crippen molar-refractivity contribution < 1.29 is 17.6 Å². The molecule has 1 N–H and O–H groups in total. The number of benzene rings is 2. The third-order valence-corrected chi connectivity index (χ3v) is 8.09. The van der Waals surface area contributed by atoms with Crippen molar-refractivity contribution in [3.63, 3.8) is 0 Å². The molecule has 2 aromatic rings. The second-order valence-corrected chi connectivity index (χ2v) is 12.6. The number of hydrogen-bond donors (Lipinski definition) is 1. The van der Waals surface area contributed by atoms with Crippen LogP contribution in [-0.2, 0) is 21.1 Å². The summed E-state index contributed by atoms with van der Waals surface area (Å²) in [6.07, 6.45) is 8.97. The first-order valence-corrected chi connectivity index (χ1v) is 15.9. The van der Waals surface area contributed by atoms with E-state index in [4.69, 9.17) is 4.99 Å². The van der Waals surface area contributed by atoms with Crippen LogP contribution in [0.2, 0.25) is 0 Å². The first kappa shape index (κ1) is 31.6. The van der Waals surface area contributed by atoms with E-state index in [-0.39, 0.29) is 16.6 Å². The predicted octanol–water partition coefficient (Wildman–Crippen LogP) is 6.55. The first-order chi connectivity index (χ1) is 17.9. The minimum atomic E-state index is -3.16. The van der Waals surface area contributed by atoms with Crippen molar-refractivity contribution in [2.45, 2.75) is 57.8 Å². The van der Waals surface area contributed by atoms with Gasteiger partial charge in [-0.15, -0.1) is 0 Å². The van der Waals surface area contributed by atoms with E-state index in [0.29, 0.717) is 17.5 Å². The summed E-state index contributed by atoms with van der Waals surface area (Å²) in [5.41, 5.74) is 2.94. The van der Waals surface area contributed by atoms with Crippen LogP contribution in [0.15, 0.2) is 70.7 Å². The molecule has 6 nitrogen and oxygen atoms in total. The maximum absolute atomic E-state index is 13.0. The van der Waals surface area contributed by atoms with Crippen LogP contribution >= 0.6 is 11.8 Å². The summed E-state index contributed by atoms with van der Waals surface area (Å²) >= 11 is 1.69. The topological polar surface area (TPSA) is 78.8 Å². The third-order valence-electron chi connectivity index (χ3n) is 6.24. The summed E-state index contributed by atoms with van der Waals surface area (Å²) in [5.74, 6) is -0.390. The number of nitrogens with one attached hydrogen (secondary N) is 1. The van der Waals surface area contributed by atoms with E-state index < -0.39 is 9.84 Å². The zero-order chi connectivity index (χ0) is 28.3. The van der Waals surface area contributed by atoms with Gasteiger partial charge in [-0.2, -0.15) is 0 Å². The number of nitrogens with zero attached hydrogens (tertiary/aromatic N) is 2. The molecule has 208 valence electrons. The van der Waals surface area contributed by atoms with Gasteiger partial charge < -0.3 is 10.2 Å². The highest BCUT2D eigenvalue weighted by atomic mass is 32.2. The predicted molar refractivity (Wildman–Crippen MR) is 158 cm³/mol. The fourth-order valence-electron chi connectivity index (χ4n) is 4.65. The molecule has 1 fully saturated rings. The fraction of sp³-hybridized carbons (Fsp3) is 0.448. The summed E-state index contributed by atoms with van der Waals surface area (Å²) < 4.78 is 35.1. The Labute approximate surface area is 231 Å². The Morgan fingerprint density at radius 1 is 1.08 bits per heavy atom. The van der Waals surface area contributed by atoms with Crippen LogP contribution in [0, 0.1) is 11.2 Å². The summed E-state index contributed by atoms with van der Waals surface area (Å²) in [5, 5.41) is 3.61. The van der Waals surface area contributed by atoms with Crippen LogP contribution in [0.4, 0.5) is 10.1 Å². The number of halogens is 1. The maximum atomic E-state index is 13.0. The van der Waals surface area contributed by atoms with Crippen LogP contribution in [0.1, 0.15) is 52.0 Å². The molecule has 38 heavy (non-hydrogen) atoms. The van der Waals surface area contributed by atoms with Gasteiger partial charge in [-0.05, 0) is 61.1 Å². The summed E-state index contributed by atoms with van der Waals surface area (Å²) in [6, 6.07) is 12.6. The van der Waals surface area contributed by atoms with E-state index in [1.165, 1.54) is 56.9 Å². The van der Waals surface area contributed by atoms with Crippen LogP contribution < -0.4 is 5.32 Å². The molecule has 3 rings (SSSR count). The van der Waals surface area contributed by atoms with Crippen LogP contribution in [0.25, 0.3) is 0 Å². The van der Waals surface area contributed by atoms with E-state index in [1.807, 2.05) is 0 Å². The Hall–Kier alpha value is -2.65. The highest BCUT2D eigenvalue weighted by Gasteiger charge is 2.42. The van der Waals surface area contributed by atoms with Gasteiger partial charge in [0, 0.05) is 49.5 Å². The molecule has 0 bridgehead atoms. The van der Waals surface area contributed by atoms with Crippen LogP contribution in [0.3, 0.4) is 0 Å². The summed E-state index contributed by atoms with van der Waals surface area (Å²) in [7, 11) is -3.16. The number of sulfone groups is 1. The number of allylic oxidation sites excluding steroid dienone is 1. The first-order valence-electron chi connectivity index (χ1n) is 12.8. The van der Waals surface area contributed by atoms with Crippen molar-refractivity contribution in [3.05, 3.63) is 72.2 Å². The van der Waals surface area contributed by atoms with Gasteiger partial charge in [0.15, 0.2) is 15.0 Å². The molecule has 0 saturated carbocycles. The lowest BCUT2D eigenvalue weighted by atomic mass is 9.73. The van der Waals surface area contributed by atoms with Crippen molar-refractivity contribution in [1.29, 1.82) is 0 Å². The number of anilines is 1. The summed E-state index contributed by atoms with van der Waals surface area (Å²) in [6.45, 7) is 12.2. The van der Waals surface area contributed by atoms with Gasteiger partial charge in [-0.3, -0.25) is 4.79 Å². The summed E-state index contributed by atoms with van der Waals surface area (Å²) in [4.78, 5) is 18.0. The van der Waals surface area contributed by atoms with E-state index in [2.05, 4.69) is 36.9 Å². The van der Waals surface area contributed by atoms with Gasteiger partial charge in [0.1, 0.15) is 5.82 Å². The lowest BCUT2D eigenvalue weighted by molar-refractivity contribution is -0.114. The molecule has 0 atom stereocenters. The second-order valence-electron chi connectivity index (χ2n) is 9.80. The largest absolute Gasteiger partial charge is 0.350 e. The SMILES string of the molecule is C=C(Cc1ccc(F)cc1)N=C(SC)N1CC(CCC)(CCC)C1.CC(=O)Nc1ccc(S(C)(=O)=O)cc1. The standard InChI is InChI=1S/C20H29FN2S.C9H11NO3S/c1-5-11-20(12-6-2)14-23(15-20)19(24-4)22-16(3)13-17-7-9-18(21)10-8-17;1-7(11)10-8-3-5-9(6-4-8)14(2,12)13/h7-10H,3,5-6,11-15H2,1-2,4H3;3-6H,1-2H3,(H,10,11). The number of aliphatic imine (C=N–C) groups is 1. The molecule has 1 heterocycles. The number of hydrogen-bond acceptors (Lipinski definition) is 5. The number of carbonyl (C=O) groups is 1. The molecule has 1 amide bonds. The molecule has 0 unspecified atom stereocenters. The second kappa shape index (κ2) is 14.5. The number of rotatable bonds is 9. The average Bonchev–Trinajstić information content (AvgIpc) is 2.82. The molecule has 0 aliphatic carbocycles. The van der Waals surface area contributed by atoms with Gasteiger partial charge in [0.25, 0.3) is 0 Å². The molecule has 2 aromatic carbocycles. The maximum Gasteiger partial charge on any atom is 0.221 e. The quantitative estimate of drug-likeness (QED) is 0.277. The Bertz CT molecular complexity index is 1200. The van der Waals surface area contributed by atoms with Crippen molar-refractivity contribution in [2.24, 2.45) is 10.4 Å². The van der Waals surface area contributed by atoms with Crippen LogP contribution in [0.5, 0.6) is 0 Å². The molecule has 0 spiro atoms. The minimum absolute atomic E-state index is 0.183. The van der Waals surface area contributed by atoms with E-state index in [1.54, 1.807) is 36.0 Å². The molecule has 0 aromatic heterocycles. The zero-order valence-electron chi connectivity index (χ0n) is 23.1. The molecule has 1 aliphatic rings. The molecule has 0 radical (unpaired) electrons. The van der Waals surface area contributed by atoms with Crippen LogP contribution in [-0.4, -0.2) is 50.0 Å². The third kappa shape index (κ3) is 9.91. The van der Waals surface area contributed by atoms with E-state index >= 15 is 0 Å². The normalized spacial score (nSPS) is 14.7. The number of likely N-dealkylation sites (tertiary alicyclic amines) is 1. The van der Waals surface area contributed by atoms with Crippen molar-refractivity contribution >= 4 is 38.4 Å². The highest BCUT2D eigenvalue weighted by Crippen LogP contribution is 2.40. The monoisotopic (exact) mass is 561 g/mol. The molecule has 1 saturated heterocycles. The highest BCUT2D eigenvalue weighted by molar-refractivity contribution is 8.13. The van der Waals surface area contributed by atoms with Crippen molar-refractivity contribution in [2.75, 3.05) is 30.9 Å². The molecular formula is C29H40FN3O3S2. The fourth-order valence-corrected chi connectivity index (χ4v) is 5.89. The average molecular weight is 562 g/mol. The van der Waals surface area contributed by atoms with Crippen molar-refractivity contribution in [3.8, 4) is 0 Å². The van der Waals surface area contributed by atoms with Gasteiger partial charge in [-0.1, -0.05) is 57.2 Å². The molecule has 1 aliphatic heterocycles. The Balaban J connectivity index is 0.000000308. The Morgan fingerprint density at radius 2 is 1.63 bits per heavy atom. The van der Waals surface area contributed by atoms with Gasteiger partial charge in [0.05, 0.1) is 4.90 Å². The van der Waals surface area contributed by atoms with E-state index in [0.717, 1.165) is 35.8 Å². The number of carbonyl (C=O) groups excluding carboxylic acids is 1. The Kier molecular flexibility index (Phi) is 12.0. The van der Waals surface area contributed by atoms with Gasteiger partial charge in [0.2, 0.25) is 5.91 Å². The lowest BCUT2D eigenvalue weighted by Gasteiger charge is -2.51. The Morgan fingerprint density at radius 3 is 2.08 bits per heavy atom. The smallest absolute Gasteiger partial charge is 0.221 e. The van der Waals surface area contributed by atoms with Gasteiger partial charge >= 0.3 is 0 Å². The number of amidine groups is 1. The van der Waals surface area contributed by atoms with Crippen molar-refractivity contribution in [1.82, 2.24) is 4.90 Å². The van der Waals surface area contributed by atoms with Gasteiger partial charge in [-0.25, -0.2) is 17.8 Å². The zero-order valence-corrected chi connectivity index (χ0v) is 24.7. The molecule has 9 heteroatoms. The lowest BCUT2D eigenvalue weighted by Crippen LogP contribution is -2.57. The number of thioether (sulfide) groups is 1. The minimum Gasteiger partial charge on any atom is -0.350 e. The molecular weight excluding hydrogens is 521 g/mol. The number of amides is 1. The van der Waals surface area contributed by atoms with E-state index in [9.17, 15) is 17.6 Å².